The molecular weight excluding hydrogens is 456 g/mol. The molecular formula is C18H20BrF2N3O3S. The minimum Gasteiger partial charge on any atom is -0.376 e. The van der Waals surface area contributed by atoms with Gasteiger partial charge in [-0.15, -0.1) is 0 Å². The number of halogens is 3. The van der Waals surface area contributed by atoms with E-state index in [1.807, 2.05) is 6.07 Å². The number of hydrogen-bond acceptors (Lipinski definition) is 5. The summed E-state index contributed by atoms with van der Waals surface area (Å²) in [5.74, 6) is -1.60. The van der Waals surface area contributed by atoms with Crippen LogP contribution < -0.4 is 10.0 Å². The van der Waals surface area contributed by atoms with Crippen molar-refractivity contribution in [3.05, 3.63) is 51.6 Å². The predicted octanol–water partition coefficient (Wildman–Crippen LogP) is 4.17. The van der Waals surface area contributed by atoms with Gasteiger partial charge in [0.25, 0.3) is 0 Å². The van der Waals surface area contributed by atoms with Gasteiger partial charge in [0.15, 0.2) is 5.82 Å². The van der Waals surface area contributed by atoms with Gasteiger partial charge in [-0.3, -0.25) is 4.72 Å². The van der Waals surface area contributed by atoms with Crippen LogP contribution in [0.3, 0.4) is 0 Å². The molecule has 2 heterocycles. The van der Waals surface area contributed by atoms with Crippen LogP contribution in [0.25, 0.3) is 0 Å². The Morgan fingerprint density at radius 2 is 2.07 bits per heavy atom. The number of aromatic nitrogens is 1. The summed E-state index contributed by atoms with van der Waals surface area (Å²) in [7, 11) is -2.43. The highest BCUT2D eigenvalue weighted by atomic mass is 79.9. The van der Waals surface area contributed by atoms with E-state index >= 15 is 4.39 Å². The van der Waals surface area contributed by atoms with Crippen molar-refractivity contribution in [2.75, 3.05) is 23.7 Å². The van der Waals surface area contributed by atoms with Gasteiger partial charge in [-0.2, -0.15) is 0 Å². The number of ether oxygens (including phenoxy) is 1. The number of nitrogens with one attached hydrogen (secondary N) is 2. The number of hydrogen-bond donors (Lipinski definition) is 2. The standard InChI is InChI=1S/C18H20BrF2N3O3S/c1-9(2)28(25,26)24-14-5-4-13(20)15(16(14)21)17(27-3)12-8-23-18-11(12)6-10(19)7-22-18/h4-7,9,12,17,24H,8H2,1-3H3,(H,22,23). The average molecular weight is 476 g/mol. The Kier molecular flexibility index (Phi) is 5.92. The van der Waals surface area contributed by atoms with Gasteiger partial charge >= 0.3 is 0 Å². The van der Waals surface area contributed by atoms with E-state index in [-0.39, 0.29) is 11.3 Å². The third-order valence-electron chi connectivity index (χ3n) is 4.68. The zero-order valence-electron chi connectivity index (χ0n) is 15.5. The largest absolute Gasteiger partial charge is 0.376 e. The third kappa shape index (κ3) is 3.85. The number of sulfonamides is 1. The van der Waals surface area contributed by atoms with Crippen LogP contribution in [0, 0.1) is 11.6 Å². The van der Waals surface area contributed by atoms with E-state index in [2.05, 4.69) is 31.0 Å². The van der Waals surface area contributed by atoms with Crippen molar-refractivity contribution in [1.29, 1.82) is 0 Å². The average Bonchev–Trinajstić information content (AvgIpc) is 3.03. The van der Waals surface area contributed by atoms with Crippen molar-refractivity contribution in [3.63, 3.8) is 0 Å². The summed E-state index contributed by atoms with van der Waals surface area (Å²) in [4.78, 5) is 4.26. The molecule has 2 atom stereocenters. The number of rotatable bonds is 6. The van der Waals surface area contributed by atoms with Gasteiger partial charge in [0.2, 0.25) is 10.0 Å². The fraction of sp³-hybridized carbons (Fsp3) is 0.389. The maximum absolute atomic E-state index is 15.2. The van der Waals surface area contributed by atoms with Crippen molar-refractivity contribution in [3.8, 4) is 0 Å². The third-order valence-corrected chi connectivity index (χ3v) is 6.86. The molecule has 152 valence electrons. The fourth-order valence-electron chi connectivity index (χ4n) is 3.14. The molecule has 1 aliphatic rings. The number of fused-ring (bicyclic) bond motifs is 1. The second-order valence-corrected chi connectivity index (χ2v) is 9.91. The smallest absolute Gasteiger partial charge is 0.235 e. The summed E-state index contributed by atoms with van der Waals surface area (Å²) in [5, 5.41) is 2.33. The lowest BCUT2D eigenvalue weighted by Gasteiger charge is -2.24. The highest BCUT2D eigenvalue weighted by molar-refractivity contribution is 9.10. The lowest BCUT2D eigenvalue weighted by molar-refractivity contribution is 0.0775. The molecule has 2 unspecified atom stereocenters. The molecule has 1 aromatic carbocycles. The molecule has 28 heavy (non-hydrogen) atoms. The number of nitrogens with zero attached hydrogens (tertiary/aromatic N) is 1. The lowest BCUT2D eigenvalue weighted by Crippen LogP contribution is -2.24. The van der Waals surface area contributed by atoms with Gasteiger partial charge in [0, 0.05) is 35.8 Å². The SMILES string of the molecule is COC(c1c(F)ccc(NS(=O)(=O)C(C)C)c1F)C1CNc2ncc(Br)cc21. The van der Waals surface area contributed by atoms with Gasteiger partial charge in [0.05, 0.1) is 22.6 Å². The summed E-state index contributed by atoms with van der Waals surface area (Å²) >= 11 is 3.35. The predicted molar refractivity (Wildman–Crippen MR) is 107 cm³/mol. The van der Waals surface area contributed by atoms with Crippen LogP contribution in [0.5, 0.6) is 0 Å². The second-order valence-electron chi connectivity index (χ2n) is 6.75. The number of pyridine rings is 1. The van der Waals surface area contributed by atoms with Crippen molar-refractivity contribution < 1.29 is 21.9 Å². The summed E-state index contributed by atoms with van der Waals surface area (Å²) < 4.78 is 62.4. The molecule has 0 saturated heterocycles. The second kappa shape index (κ2) is 7.92. The monoisotopic (exact) mass is 475 g/mol. The Morgan fingerprint density at radius 1 is 1.36 bits per heavy atom. The molecule has 2 N–H and O–H groups in total. The van der Waals surface area contributed by atoms with Crippen LogP contribution in [0.1, 0.15) is 37.0 Å². The van der Waals surface area contributed by atoms with Crippen LogP contribution in [0.15, 0.2) is 28.9 Å². The van der Waals surface area contributed by atoms with Gasteiger partial charge in [-0.25, -0.2) is 22.2 Å². The lowest BCUT2D eigenvalue weighted by atomic mass is 9.90. The van der Waals surface area contributed by atoms with Gasteiger partial charge in [-0.05, 0) is 48.0 Å². The fourth-order valence-corrected chi connectivity index (χ4v) is 4.18. The van der Waals surface area contributed by atoms with Gasteiger partial charge in [-0.1, -0.05) is 0 Å². The topological polar surface area (TPSA) is 80.3 Å². The maximum atomic E-state index is 15.2. The number of benzene rings is 1. The molecule has 1 aromatic heterocycles. The van der Waals surface area contributed by atoms with Gasteiger partial charge < -0.3 is 10.1 Å². The molecule has 6 nitrogen and oxygen atoms in total. The maximum Gasteiger partial charge on any atom is 0.235 e. The minimum atomic E-state index is -3.79. The molecule has 3 rings (SSSR count). The minimum absolute atomic E-state index is 0.314. The van der Waals surface area contributed by atoms with Crippen LogP contribution in [-0.4, -0.2) is 32.3 Å². The normalized spacial score (nSPS) is 17.3. The molecule has 2 aromatic rings. The summed E-state index contributed by atoms with van der Waals surface area (Å²) in [5.41, 5.74) is 0.116. The van der Waals surface area contributed by atoms with Crippen LogP contribution >= 0.6 is 15.9 Å². The van der Waals surface area contributed by atoms with Crippen LogP contribution in [0.2, 0.25) is 0 Å². The first kappa shape index (κ1) is 20.9. The zero-order valence-corrected chi connectivity index (χ0v) is 17.9. The van der Waals surface area contributed by atoms with Crippen molar-refractivity contribution in [2.24, 2.45) is 0 Å². The first-order chi connectivity index (χ1) is 13.2. The van der Waals surface area contributed by atoms with Crippen LogP contribution in [0.4, 0.5) is 20.3 Å². The Bertz CT molecular complexity index is 1000. The first-order valence-corrected chi connectivity index (χ1v) is 10.9. The molecule has 0 spiro atoms. The van der Waals surface area contributed by atoms with Crippen LogP contribution in [-0.2, 0) is 14.8 Å². The molecule has 0 amide bonds. The molecule has 1 aliphatic heterocycles. The Balaban J connectivity index is 2.05. The summed E-state index contributed by atoms with van der Waals surface area (Å²) in [6.07, 6.45) is 0.645. The van der Waals surface area contributed by atoms with E-state index in [1.54, 1.807) is 6.20 Å². The van der Waals surface area contributed by atoms with Crippen molar-refractivity contribution in [1.82, 2.24) is 4.98 Å². The summed E-state index contributed by atoms with van der Waals surface area (Å²) in [6, 6.07) is 3.92. The summed E-state index contributed by atoms with van der Waals surface area (Å²) in [6.45, 7) is 3.31. The van der Waals surface area contributed by atoms with E-state index in [9.17, 15) is 12.8 Å². The Labute approximate surface area is 170 Å². The highest BCUT2D eigenvalue weighted by Crippen LogP contribution is 2.43. The molecule has 10 heteroatoms. The molecule has 0 aliphatic carbocycles. The first-order valence-electron chi connectivity index (χ1n) is 8.57. The molecule has 0 fully saturated rings. The zero-order chi connectivity index (χ0) is 20.6. The van der Waals surface area contributed by atoms with E-state index in [0.29, 0.717) is 12.4 Å². The van der Waals surface area contributed by atoms with Crippen molar-refractivity contribution in [2.45, 2.75) is 31.1 Å². The molecule has 0 radical (unpaired) electrons. The number of methoxy groups -OCH3 is 1. The van der Waals surface area contributed by atoms with E-state index in [0.717, 1.165) is 22.2 Å². The highest BCUT2D eigenvalue weighted by Gasteiger charge is 2.36. The quantitative estimate of drug-likeness (QED) is 0.655. The Hall–Kier alpha value is -1.78. The molecule has 0 bridgehead atoms. The van der Waals surface area contributed by atoms with E-state index < -0.39 is 38.9 Å². The van der Waals surface area contributed by atoms with E-state index in [4.69, 9.17) is 4.74 Å². The molecule has 0 saturated carbocycles. The van der Waals surface area contributed by atoms with E-state index in [1.165, 1.54) is 21.0 Å². The number of anilines is 2. The Morgan fingerprint density at radius 3 is 2.71 bits per heavy atom. The van der Waals surface area contributed by atoms with Gasteiger partial charge in [0.1, 0.15) is 11.6 Å². The van der Waals surface area contributed by atoms with Crippen molar-refractivity contribution >= 4 is 37.5 Å².